The van der Waals surface area contributed by atoms with Gasteiger partial charge in [0.25, 0.3) is 10.0 Å². The van der Waals surface area contributed by atoms with Crippen LogP contribution >= 0.6 is 27.7 Å². The second-order valence-corrected chi connectivity index (χ2v) is 10.3. The molecule has 0 spiro atoms. The van der Waals surface area contributed by atoms with Gasteiger partial charge < -0.3 is 10.1 Å². The maximum absolute atomic E-state index is 13.6. The van der Waals surface area contributed by atoms with Crippen LogP contribution in [-0.4, -0.2) is 33.7 Å². The quantitative estimate of drug-likeness (QED) is 0.371. The Morgan fingerprint density at radius 2 is 1.69 bits per heavy atom. The van der Waals surface area contributed by atoms with Crippen molar-refractivity contribution in [3.05, 3.63) is 77.3 Å². The number of hydrogen-bond acceptors (Lipinski definition) is 5. The summed E-state index contributed by atoms with van der Waals surface area (Å²) in [6.07, 6.45) is 1.92. The van der Waals surface area contributed by atoms with Gasteiger partial charge in [-0.05, 0) is 73.8 Å². The molecule has 3 aromatic rings. The van der Waals surface area contributed by atoms with Gasteiger partial charge in [0.1, 0.15) is 12.3 Å². The molecule has 3 rings (SSSR count). The molecule has 3 aromatic carbocycles. The zero-order valence-electron chi connectivity index (χ0n) is 17.6. The van der Waals surface area contributed by atoms with E-state index in [0.29, 0.717) is 23.7 Å². The Morgan fingerprint density at radius 1 is 1.03 bits per heavy atom. The molecule has 0 fully saturated rings. The van der Waals surface area contributed by atoms with Crippen molar-refractivity contribution in [3.8, 4) is 5.75 Å². The lowest BCUT2D eigenvalue weighted by Crippen LogP contribution is -2.38. The number of rotatable bonds is 9. The first kappa shape index (κ1) is 24.2. The van der Waals surface area contributed by atoms with Crippen molar-refractivity contribution < 1.29 is 17.9 Å². The molecule has 0 aliphatic heterocycles. The number of anilines is 2. The van der Waals surface area contributed by atoms with E-state index < -0.39 is 22.5 Å². The fraction of sp³-hybridized carbons (Fsp3) is 0.174. The number of nitrogens with zero attached hydrogens (tertiary/aromatic N) is 1. The van der Waals surface area contributed by atoms with Gasteiger partial charge in [-0.25, -0.2) is 8.42 Å². The first-order chi connectivity index (χ1) is 15.3. The zero-order chi connectivity index (χ0) is 23.1. The Morgan fingerprint density at radius 3 is 2.31 bits per heavy atom. The van der Waals surface area contributed by atoms with E-state index in [0.717, 1.165) is 13.7 Å². The van der Waals surface area contributed by atoms with Crippen molar-refractivity contribution in [1.82, 2.24) is 0 Å². The Balaban J connectivity index is 1.99. The summed E-state index contributed by atoms with van der Waals surface area (Å²) in [5, 5.41) is 2.75. The highest BCUT2D eigenvalue weighted by Gasteiger charge is 2.29. The van der Waals surface area contributed by atoms with Crippen molar-refractivity contribution >= 4 is 55.0 Å². The first-order valence-electron chi connectivity index (χ1n) is 9.79. The summed E-state index contributed by atoms with van der Waals surface area (Å²) in [4.78, 5) is 13.9. The number of ether oxygens (including phenoxy) is 1. The molecule has 1 N–H and O–H groups in total. The molecule has 0 saturated heterocycles. The van der Waals surface area contributed by atoms with Gasteiger partial charge in [0.05, 0.1) is 17.2 Å². The number of sulfonamides is 1. The van der Waals surface area contributed by atoms with Crippen molar-refractivity contribution in [2.24, 2.45) is 0 Å². The molecule has 168 valence electrons. The number of hydrogen-bond donors (Lipinski definition) is 1. The average molecular weight is 535 g/mol. The van der Waals surface area contributed by atoms with Crippen LogP contribution in [0.3, 0.4) is 0 Å². The number of benzene rings is 3. The molecule has 0 bridgehead atoms. The monoisotopic (exact) mass is 534 g/mol. The predicted octanol–water partition coefficient (Wildman–Crippen LogP) is 5.40. The van der Waals surface area contributed by atoms with Crippen LogP contribution in [-0.2, 0) is 14.8 Å². The van der Waals surface area contributed by atoms with E-state index >= 15 is 0 Å². The summed E-state index contributed by atoms with van der Waals surface area (Å²) < 4.78 is 34.8. The third kappa shape index (κ3) is 5.85. The van der Waals surface area contributed by atoms with E-state index in [-0.39, 0.29) is 4.90 Å². The van der Waals surface area contributed by atoms with Gasteiger partial charge >= 0.3 is 0 Å². The fourth-order valence-corrected chi connectivity index (χ4v) is 5.08. The lowest BCUT2D eigenvalue weighted by molar-refractivity contribution is -0.114. The lowest BCUT2D eigenvalue weighted by Gasteiger charge is -2.26. The third-order valence-electron chi connectivity index (χ3n) is 4.50. The number of halogens is 1. The highest BCUT2D eigenvalue weighted by molar-refractivity contribution is 9.10. The van der Waals surface area contributed by atoms with Gasteiger partial charge in [0, 0.05) is 15.1 Å². The lowest BCUT2D eigenvalue weighted by atomic mass is 10.3. The van der Waals surface area contributed by atoms with E-state index in [9.17, 15) is 13.2 Å². The smallest absolute Gasteiger partial charge is 0.264 e. The number of para-hydroxylation sites is 2. The highest BCUT2D eigenvalue weighted by Crippen LogP contribution is 2.33. The Bertz CT molecular complexity index is 1170. The number of carbonyl (C=O) groups is 1. The fourth-order valence-electron chi connectivity index (χ4n) is 2.98. The molecular formula is C23H23BrN2O4S2. The van der Waals surface area contributed by atoms with Crippen LogP contribution in [0.2, 0.25) is 0 Å². The van der Waals surface area contributed by atoms with Crippen LogP contribution in [0.5, 0.6) is 5.75 Å². The molecule has 0 aliphatic carbocycles. The summed E-state index contributed by atoms with van der Waals surface area (Å²) in [6.45, 7) is 1.77. The maximum atomic E-state index is 13.6. The van der Waals surface area contributed by atoms with Crippen LogP contribution in [0.1, 0.15) is 6.92 Å². The Kier molecular flexibility index (Phi) is 8.22. The standard InChI is InChI=1S/C23H23BrN2O4S2/c1-3-30-22-7-5-4-6-21(22)26(16-23(27)25-18-10-8-17(24)9-11-18)32(28,29)20-14-12-19(31-2)13-15-20/h4-15H,3,16H2,1-2H3,(H,25,27). The molecule has 6 nitrogen and oxygen atoms in total. The minimum atomic E-state index is -4.04. The van der Waals surface area contributed by atoms with Gasteiger partial charge in [-0.15, -0.1) is 11.8 Å². The van der Waals surface area contributed by atoms with Gasteiger partial charge in [-0.3, -0.25) is 9.10 Å². The minimum Gasteiger partial charge on any atom is -0.492 e. The largest absolute Gasteiger partial charge is 0.492 e. The molecule has 0 aromatic heterocycles. The van der Waals surface area contributed by atoms with E-state index in [2.05, 4.69) is 21.2 Å². The summed E-state index contributed by atoms with van der Waals surface area (Å²) >= 11 is 4.87. The predicted molar refractivity (Wildman–Crippen MR) is 133 cm³/mol. The van der Waals surface area contributed by atoms with Gasteiger partial charge in [-0.2, -0.15) is 0 Å². The van der Waals surface area contributed by atoms with Crippen molar-refractivity contribution in [1.29, 1.82) is 0 Å². The first-order valence-corrected chi connectivity index (χ1v) is 13.2. The summed E-state index contributed by atoms with van der Waals surface area (Å²) in [6, 6.07) is 20.4. The Labute approximate surface area is 201 Å². The molecule has 0 radical (unpaired) electrons. The van der Waals surface area contributed by atoms with Crippen LogP contribution in [0.25, 0.3) is 0 Å². The topological polar surface area (TPSA) is 75.7 Å². The summed E-state index contributed by atoms with van der Waals surface area (Å²) in [5.74, 6) is -0.0846. The van der Waals surface area contributed by atoms with Crippen molar-refractivity contribution in [2.75, 3.05) is 29.0 Å². The third-order valence-corrected chi connectivity index (χ3v) is 7.54. The average Bonchev–Trinajstić information content (AvgIpc) is 2.80. The number of thioether (sulfide) groups is 1. The molecule has 32 heavy (non-hydrogen) atoms. The molecule has 0 unspecified atom stereocenters. The van der Waals surface area contributed by atoms with E-state index in [4.69, 9.17) is 4.74 Å². The van der Waals surface area contributed by atoms with E-state index in [1.807, 2.05) is 13.2 Å². The molecule has 0 heterocycles. The molecular weight excluding hydrogens is 512 g/mol. The molecule has 9 heteroatoms. The highest BCUT2D eigenvalue weighted by atomic mass is 79.9. The normalized spacial score (nSPS) is 11.1. The second kappa shape index (κ2) is 10.9. The van der Waals surface area contributed by atoms with Crippen molar-refractivity contribution in [2.45, 2.75) is 16.7 Å². The van der Waals surface area contributed by atoms with E-state index in [1.165, 1.54) is 11.8 Å². The van der Waals surface area contributed by atoms with Gasteiger partial charge in [0.2, 0.25) is 5.91 Å². The SMILES string of the molecule is CCOc1ccccc1N(CC(=O)Nc1ccc(Br)cc1)S(=O)(=O)c1ccc(SC)cc1. The molecule has 0 atom stereocenters. The van der Waals surface area contributed by atoms with Crippen LogP contribution in [0, 0.1) is 0 Å². The Hall–Kier alpha value is -2.49. The maximum Gasteiger partial charge on any atom is 0.264 e. The number of nitrogens with one attached hydrogen (secondary N) is 1. The second-order valence-electron chi connectivity index (χ2n) is 6.64. The van der Waals surface area contributed by atoms with Crippen molar-refractivity contribution in [3.63, 3.8) is 0 Å². The minimum absolute atomic E-state index is 0.0954. The molecule has 1 amide bonds. The summed E-state index contributed by atoms with van der Waals surface area (Å²) in [7, 11) is -4.04. The molecule has 0 saturated carbocycles. The summed E-state index contributed by atoms with van der Waals surface area (Å²) in [5.41, 5.74) is 0.868. The number of amides is 1. The van der Waals surface area contributed by atoms with Gasteiger partial charge in [0.15, 0.2) is 0 Å². The molecule has 0 aliphatic rings. The van der Waals surface area contributed by atoms with Crippen LogP contribution in [0.15, 0.2) is 87.1 Å². The zero-order valence-corrected chi connectivity index (χ0v) is 20.8. The van der Waals surface area contributed by atoms with Crippen LogP contribution < -0.4 is 14.4 Å². The van der Waals surface area contributed by atoms with Crippen LogP contribution in [0.4, 0.5) is 11.4 Å². The van der Waals surface area contributed by atoms with Gasteiger partial charge in [-0.1, -0.05) is 28.1 Å². The van der Waals surface area contributed by atoms with E-state index in [1.54, 1.807) is 72.8 Å². The number of carbonyl (C=O) groups excluding carboxylic acids is 1.